The van der Waals surface area contributed by atoms with Gasteiger partial charge in [-0.3, -0.25) is 0 Å². The number of hydrogen-bond acceptors (Lipinski definition) is 3. The highest BCUT2D eigenvalue weighted by Gasteiger charge is 1.98. The molecular formula is C14H17N3. The van der Waals surface area contributed by atoms with Crippen LogP contribution in [0.2, 0.25) is 0 Å². The summed E-state index contributed by atoms with van der Waals surface area (Å²) in [7, 11) is 0. The summed E-state index contributed by atoms with van der Waals surface area (Å²) in [4.78, 5) is 7.98. The SMILES string of the molecule is CCc1ccc(NCc2cncnc2)cc1C. The van der Waals surface area contributed by atoms with Crippen LogP contribution < -0.4 is 5.32 Å². The van der Waals surface area contributed by atoms with Crippen molar-refractivity contribution in [2.24, 2.45) is 0 Å². The van der Waals surface area contributed by atoms with Gasteiger partial charge in [0.25, 0.3) is 0 Å². The Hall–Kier alpha value is -1.90. The van der Waals surface area contributed by atoms with Gasteiger partial charge in [-0.2, -0.15) is 0 Å². The zero-order chi connectivity index (χ0) is 12.1. The third-order valence-corrected chi connectivity index (χ3v) is 2.83. The predicted octanol–water partition coefficient (Wildman–Crippen LogP) is 2.96. The molecule has 0 spiro atoms. The van der Waals surface area contributed by atoms with E-state index in [1.165, 1.54) is 11.1 Å². The number of benzene rings is 1. The molecule has 1 N–H and O–H groups in total. The number of rotatable bonds is 4. The van der Waals surface area contributed by atoms with Gasteiger partial charge in [-0.1, -0.05) is 13.0 Å². The van der Waals surface area contributed by atoms with Crippen LogP contribution in [0.15, 0.2) is 36.9 Å². The molecule has 0 saturated heterocycles. The summed E-state index contributed by atoms with van der Waals surface area (Å²) in [6, 6.07) is 6.48. The molecule has 0 bridgehead atoms. The fourth-order valence-corrected chi connectivity index (χ4v) is 1.83. The van der Waals surface area contributed by atoms with E-state index < -0.39 is 0 Å². The van der Waals surface area contributed by atoms with E-state index in [1.807, 2.05) is 12.4 Å². The summed E-state index contributed by atoms with van der Waals surface area (Å²) in [5, 5.41) is 3.37. The minimum absolute atomic E-state index is 0.756. The van der Waals surface area contributed by atoms with Crippen LogP contribution in [0.3, 0.4) is 0 Å². The molecule has 0 fully saturated rings. The summed E-state index contributed by atoms with van der Waals surface area (Å²) in [5.74, 6) is 0. The van der Waals surface area contributed by atoms with E-state index >= 15 is 0 Å². The smallest absolute Gasteiger partial charge is 0.115 e. The maximum absolute atomic E-state index is 3.99. The lowest BCUT2D eigenvalue weighted by molar-refractivity contribution is 1.05. The number of aromatic nitrogens is 2. The highest BCUT2D eigenvalue weighted by molar-refractivity contribution is 5.48. The molecule has 1 heterocycles. The molecule has 0 radical (unpaired) electrons. The van der Waals surface area contributed by atoms with Crippen LogP contribution in [0.1, 0.15) is 23.6 Å². The quantitative estimate of drug-likeness (QED) is 0.872. The van der Waals surface area contributed by atoms with Crippen molar-refractivity contribution in [3.63, 3.8) is 0 Å². The molecule has 0 aliphatic carbocycles. The summed E-state index contributed by atoms with van der Waals surface area (Å²) in [6.07, 6.45) is 6.28. The molecule has 0 atom stereocenters. The van der Waals surface area contributed by atoms with Gasteiger partial charge in [0.15, 0.2) is 0 Å². The van der Waals surface area contributed by atoms with Crippen molar-refractivity contribution in [1.82, 2.24) is 9.97 Å². The number of aryl methyl sites for hydroxylation is 2. The van der Waals surface area contributed by atoms with Gasteiger partial charge in [0.2, 0.25) is 0 Å². The first kappa shape index (κ1) is 11.6. The van der Waals surface area contributed by atoms with Crippen LogP contribution in [-0.2, 0) is 13.0 Å². The molecule has 3 nitrogen and oxygen atoms in total. The van der Waals surface area contributed by atoms with Crippen LogP contribution in [0.25, 0.3) is 0 Å². The molecule has 2 rings (SSSR count). The van der Waals surface area contributed by atoms with Crippen molar-refractivity contribution < 1.29 is 0 Å². The third kappa shape index (κ3) is 3.03. The van der Waals surface area contributed by atoms with Crippen molar-refractivity contribution in [2.45, 2.75) is 26.8 Å². The lowest BCUT2D eigenvalue weighted by Gasteiger charge is -2.09. The lowest BCUT2D eigenvalue weighted by Crippen LogP contribution is -2.01. The van der Waals surface area contributed by atoms with E-state index in [0.717, 1.165) is 24.2 Å². The van der Waals surface area contributed by atoms with Crippen molar-refractivity contribution in [1.29, 1.82) is 0 Å². The summed E-state index contributed by atoms with van der Waals surface area (Å²) < 4.78 is 0. The first-order valence-electron chi connectivity index (χ1n) is 5.87. The van der Waals surface area contributed by atoms with Gasteiger partial charge in [-0.25, -0.2) is 9.97 Å². The highest BCUT2D eigenvalue weighted by Crippen LogP contribution is 2.16. The van der Waals surface area contributed by atoms with Crippen LogP contribution >= 0.6 is 0 Å². The second-order valence-corrected chi connectivity index (χ2v) is 4.10. The largest absolute Gasteiger partial charge is 0.381 e. The van der Waals surface area contributed by atoms with Gasteiger partial charge >= 0.3 is 0 Å². The molecule has 0 amide bonds. The fraction of sp³-hybridized carbons (Fsp3) is 0.286. The number of nitrogens with one attached hydrogen (secondary N) is 1. The summed E-state index contributed by atoms with van der Waals surface area (Å²) >= 11 is 0. The molecule has 0 aliphatic heterocycles. The number of anilines is 1. The Morgan fingerprint density at radius 3 is 2.59 bits per heavy atom. The molecule has 1 aromatic carbocycles. The first-order valence-corrected chi connectivity index (χ1v) is 5.87. The Morgan fingerprint density at radius 2 is 1.94 bits per heavy atom. The number of nitrogens with zero attached hydrogens (tertiary/aromatic N) is 2. The third-order valence-electron chi connectivity index (χ3n) is 2.83. The monoisotopic (exact) mass is 227 g/mol. The van der Waals surface area contributed by atoms with E-state index in [4.69, 9.17) is 0 Å². The molecule has 1 aromatic heterocycles. The second kappa shape index (κ2) is 5.43. The molecule has 0 unspecified atom stereocenters. The Balaban J connectivity index is 2.02. The molecular weight excluding hydrogens is 210 g/mol. The van der Waals surface area contributed by atoms with Gasteiger partial charge in [-0.05, 0) is 36.6 Å². The average molecular weight is 227 g/mol. The van der Waals surface area contributed by atoms with Crippen LogP contribution in [0.4, 0.5) is 5.69 Å². The summed E-state index contributed by atoms with van der Waals surface area (Å²) in [5.41, 5.74) is 4.97. The molecule has 0 saturated carbocycles. The zero-order valence-electron chi connectivity index (χ0n) is 10.3. The Labute approximate surface area is 102 Å². The Bertz CT molecular complexity index is 480. The maximum atomic E-state index is 3.99. The minimum atomic E-state index is 0.756. The van der Waals surface area contributed by atoms with Crippen molar-refractivity contribution in [3.05, 3.63) is 53.6 Å². The van der Waals surface area contributed by atoms with Crippen LogP contribution in [-0.4, -0.2) is 9.97 Å². The normalized spacial score (nSPS) is 10.2. The van der Waals surface area contributed by atoms with Crippen molar-refractivity contribution in [3.8, 4) is 0 Å². The molecule has 3 heteroatoms. The van der Waals surface area contributed by atoms with Gasteiger partial charge < -0.3 is 5.32 Å². The first-order chi connectivity index (χ1) is 8.29. The number of hydrogen-bond donors (Lipinski definition) is 1. The second-order valence-electron chi connectivity index (χ2n) is 4.10. The standard InChI is InChI=1S/C14H17N3/c1-3-13-4-5-14(6-11(13)2)17-9-12-7-15-10-16-8-12/h4-8,10,17H,3,9H2,1-2H3. The van der Waals surface area contributed by atoms with Crippen molar-refractivity contribution >= 4 is 5.69 Å². The van der Waals surface area contributed by atoms with E-state index in [2.05, 4.69) is 47.3 Å². The topological polar surface area (TPSA) is 37.8 Å². The van der Waals surface area contributed by atoms with Gasteiger partial charge in [0.05, 0.1) is 0 Å². The van der Waals surface area contributed by atoms with Crippen molar-refractivity contribution in [2.75, 3.05) is 5.32 Å². The van der Waals surface area contributed by atoms with E-state index in [9.17, 15) is 0 Å². The average Bonchev–Trinajstić information content (AvgIpc) is 2.38. The van der Waals surface area contributed by atoms with E-state index in [0.29, 0.717) is 0 Å². The predicted molar refractivity (Wildman–Crippen MR) is 69.9 cm³/mol. The maximum Gasteiger partial charge on any atom is 0.115 e. The highest BCUT2D eigenvalue weighted by atomic mass is 14.9. The molecule has 17 heavy (non-hydrogen) atoms. The zero-order valence-corrected chi connectivity index (χ0v) is 10.3. The molecule has 88 valence electrons. The van der Waals surface area contributed by atoms with Gasteiger partial charge in [0.1, 0.15) is 6.33 Å². The molecule has 0 aliphatic rings. The Morgan fingerprint density at radius 1 is 1.18 bits per heavy atom. The minimum Gasteiger partial charge on any atom is -0.381 e. The van der Waals surface area contributed by atoms with E-state index in [1.54, 1.807) is 6.33 Å². The lowest BCUT2D eigenvalue weighted by atomic mass is 10.1. The fourth-order valence-electron chi connectivity index (χ4n) is 1.83. The van der Waals surface area contributed by atoms with Gasteiger partial charge in [0, 0.05) is 30.2 Å². The summed E-state index contributed by atoms with van der Waals surface area (Å²) in [6.45, 7) is 5.08. The van der Waals surface area contributed by atoms with E-state index in [-0.39, 0.29) is 0 Å². The van der Waals surface area contributed by atoms with Gasteiger partial charge in [-0.15, -0.1) is 0 Å². The Kier molecular flexibility index (Phi) is 3.70. The molecule has 2 aromatic rings. The van der Waals surface area contributed by atoms with Crippen LogP contribution in [0.5, 0.6) is 0 Å². The van der Waals surface area contributed by atoms with Crippen LogP contribution in [0, 0.1) is 6.92 Å².